The monoisotopic (exact) mass is 178 g/mol. The van der Waals surface area contributed by atoms with Crippen molar-refractivity contribution in [3.05, 3.63) is 29.8 Å². The maximum atomic E-state index is 10.6. The lowest BCUT2D eigenvalue weighted by atomic mass is 10.2. The Hall–Kier alpha value is -1.77. The maximum absolute atomic E-state index is 10.6. The predicted molar refractivity (Wildman–Crippen MR) is 49.5 cm³/mol. The summed E-state index contributed by atoms with van der Waals surface area (Å²) in [6, 6.07) is 4.14. The van der Waals surface area contributed by atoms with Gasteiger partial charge in [0.15, 0.2) is 5.78 Å². The number of allylic oxidation sites excluding steroid dienone is 1. The second-order valence-corrected chi connectivity index (χ2v) is 2.73. The van der Waals surface area contributed by atoms with Crippen LogP contribution in [0.4, 0.5) is 0 Å². The molecule has 0 unspecified atom stereocenters. The predicted octanol–water partition coefficient (Wildman–Crippen LogP) is 1.70. The minimum Gasteiger partial charge on any atom is -0.508 e. The number of phenolic OH excluding ortho intramolecular Hbond substituents is 2. The number of hydrogen-bond acceptors (Lipinski definition) is 3. The number of ketones is 1. The van der Waals surface area contributed by atoms with Gasteiger partial charge in [-0.2, -0.15) is 0 Å². The highest BCUT2D eigenvalue weighted by Gasteiger charge is 1.95. The lowest BCUT2D eigenvalue weighted by Gasteiger charge is -1.97. The van der Waals surface area contributed by atoms with Crippen LogP contribution in [0, 0.1) is 0 Å². The highest BCUT2D eigenvalue weighted by Crippen LogP contribution is 2.20. The standard InChI is InChI=1S/C10H10O3/c1-7(11)2-3-8-4-9(12)6-10(13)5-8/h2-6,12-13H,1H3. The third kappa shape index (κ3) is 2.99. The molecular formula is C10H10O3. The first-order valence-electron chi connectivity index (χ1n) is 3.79. The van der Waals surface area contributed by atoms with E-state index in [1.54, 1.807) is 0 Å². The molecule has 3 nitrogen and oxygen atoms in total. The van der Waals surface area contributed by atoms with Crippen molar-refractivity contribution in [3.8, 4) is 11.5 Å². The summed E-state index contributed by atoms with van der Waals surface area (Å²) in [5.74, 6) is -0.130. The Morgan fingerprint density at radius 3 is 2.23 bits per heavy atom. The second-order valence-electron chi connectivity index (χ2n) is 2.73. The van der Waals surface area contributed by atoms with Gasteiger partial charge in [0.2, 0.25) is 0 Å². The number of rotatable bonds is 2. The minimum atomic E-state index is -0.0807. The van der Waals surface area contributed by atoms with Crippen molar-refractivity contribution < 1.29 is 15.0 Å². The highest BCUT2D eigenvalue weighted by molar-refractivity contribution is 5.91. The summed E-state index contributed by atoms with van der Waals surface area (Å²) in [7, 11) is 0. The van der Waals surface area contributed by atoms with Gasteiger partial charge >= 0.3 is 0 Å². The average molecular weight is 178 g/mol. The van der Waals surface area contributed by atoms with E-state index in [2.05, 4.69) is 0 Å². The summed E-state index contributed by atoms with van der Waals surface area (Å²) in [6.07, 6.45) is 2.90. The first-order chi connectivity index (χ1) is 6.08. The molecule has 0 aliphatic rings. The molecule has 68 valence electrons. The highest BCUT2D eigenvalue weighted by atomic mass is 16.3. The van der Waals surface area contributed by atoms with E-state index in [4.69, 9.17) is 10.2 Å². The Labute approximate surface area is 76.0 Å². The molecule has 1 rings (SSSR count). The van der Waals surface area contributed by atoms with Gasteiger partial charge in [0.05, 0.1) is 0 Å². The van der Waals surface area contributed by atoms with Gasteiger partial charge in [0.1, 0.15) is 11.5 Å². The van der Waals surface area contributed by atoms with Crippen molar-refractivity contribution in [1.29, 1.82) is 0 Å². The van der Waals surface area contributed by atoms with E-state index in [1.807, 2.05) is 0 Å². The van der Waals surface area contributed by atoms with Crippen LogP contribution in [0.25, 0.3) is 6.08 Å². The fourth-order valence-corrected chi connectivity index (χ4v) is 0.928. The zero-order chi connectivity index (χ0) is 9.84. The van der Waals surface area contributed by atoms with Crippen molar-refractivity contribution in [2.24, 2.45) is 0 Å². The Bertz CT molecular complexity index is 333. The Morgan fingerprint density at radius 1 is 1.23 bits per heavy atom. The summed E-state index contributed by atoms with van der Waals surface area (Å²) in [5, 5.41) is 18.2. The Kier molecular flexibility index (Phi) is 2.69. The van der Waals surface area contributed by atoms with Crippen molar-refractivity contribution >= 4 is 11.9 Å². The number of phenols is 2. The van der Waals surface area contributed by atoms with Gasteiger partial charge < -0.3 is 10.2 Å². The van der Waals surface area contributed by atoms with E-state index in [1.165, 1.54) is 37.3 Å². The van der Waals surface area contributed by atoms with E-state index in [0.29, 0.717) is 5.56 Å². The molecule has 0 saturated heterocycles. The molecule has 0 bridgehead atoms. The molecule has 0 saturated carbocycles. The third-order valence-corrected chi connectivity index (χ3v) is 1.44. The normalized spacial score (nSPS) is 10.5. The molecule has 0 amide bonds. The molecular weight excluding hydrogens is 168 g/mol. The Morgan fingerprint density at radius 2 is 1.77 bits per heavy atom. The SMILES string of the molecule is CC(=O)C=Cc1cc(O)cc(O)c1. The van der Waals surface area contributed by atoms with Crippen LogP contribution in [0.1, 0.15) is 12.5 Å². The number of aromatic hydroxyl groups is 2. The summed E-state index contributed by atoms with van der Waals surface area (Å²) < 4.78 is 0. The lowest BCUT2D eigenvalue weighted by Crippen LogP contribution is -1.80. The van der Waals surface area contributed by atoms with E-state index in [-0.39, 0.29) is 17.3 Å². The number of benzene rings is 1. The van der Waals surface area contributed by atoms with Gasteiger partial charge in [-0.05, 0) is 30.7 Å². The van der Waals surface area contributed by atoms with Crippen LogP contribution < -0.4 is 0 Å². The molecule has 0 heterocycles. The molecule has 0 spiro atoms. The summed E-state index contributed by atoms with van der Waals surface area (Å²) in [6.45, 7) is 1.43. The molecule has 3 heteroatoms. The van der Waals surface area contributed by atoms with Crippen molar-refractivity contribution in [2.45, 2.75) is 6.92 Å². The van der Waals surface area contributed by atoms with Gasteiger partial charge in [0, 0.05) is 6.07 Å². The summed E-state index contributed by atoms with van der Waals surface area (Å²) >= 11 is 0. The number of hydrogen-bond donors (Lipinski definition) is 2. The Balaban J connectivity index is 2.95. The first-order valence-corrected chi connectivity index (χ1v) is 3.79. The fourth-order valence-electron chi connectivity index (χ4n) is 0.928. The van der Waals surface area contributed by atoms with E-state index < -0.39 is 0 Å². The molecule has 0 aliphatic carbocycles. The van der Waals surface area contributed by atoms with Crippen LogP contribution in [0.15, 0.2) is 24.3 Å². The van der Waals surface area contributed by atoms with Gasteiger partial charge in [-0.1, -0.05) is 6.08 Å². The molecule has 0 aliphatic heterocycles. The van der Waals surface area contributed by atoms with Crippen LogP contribution in [0.3, 0.4) is 0 Å². The maximum Gasteiger partial charge on any atom is 0.152 e. The van der Waals surface area contributed by atoms with Crippen LogP contribution >= 0.6 is 0 Å². The van der Waals surface area contributed by atoms with Crippen LogP contribution in [-0.4, -0.2) is 16.0 Å². The minimum absolute atomic E-state index is 0.0248. The molecule has 0 atom stereocenters. The topological polar surface area (TPSA) is 57.5 Å². The lowest BCUT2D eigenvalue weighted by molar-refractivity contribution is -0.112. The quantitative estimate of drug-likeness (QED) is 0.677. The summed E-state index contributed by atoms with van der Waals surface area (Å²) in [4.78, 5) is 10.6. The van der Waals surface area contributed by atoms with Gasteiger partial charge in [-0.3, -0.25) is 4.79 Å². The zero-order valence-corrected chi connectivity index (χ0v) is 7.19. The van der Waals surface area contributed by atoms with Crippen molar-refractivity contribution in [3.63, 3.8) is 0 Å². The number of carbonyl (C=O) groups is 1. The fraction of sp³-hybridized carbons (Fsp3) is 0.100. The van der Waals surface area contributed by atoms with Crippen molar-refractivity contribution in [1.82, 2.24) is 0 Å². The average Bonchev–Trinajstić information content (AvgIpc) is 1.99. The van der Waals surface area contributed by atoms with Crippen LogP contribution in [0.2, 0.25) is 0 Å². The molecule has 1 aromatic carbocycles. The number of carbonyl (C=O) groups excluding carboxylic acids is 1. The summed E-state index contributed by atoms with van der Waals surface area (Å²) in [5.41, 5.74) is 0.590. The van der Waals surface area contributed by atoms with Gasteiger partial charge in [-0.25, -0.2) is 0 Å². The third-order valence-electron chi connectivity index (χ3n) is 1.44. The smallest absolute Gasteiger partial charge is 0.152 e. The molecule has 13 heavy (non-hydrogen) atoms. The second kappa shape index (κ2) is 3.76. The molecule has 1 aromatic rings. The molecule has 2 N–H and O–H groups in total. The van der Waals surface area contributed by atoms with Gasteiger partial charge in [0.25, 0.3) is 0 Å². The molecule has 0 radical (unpaired) electrons. The molecule has 0 aromatic heterocycles. The van der Waals surface area contributed by atoms with Crippen LogP contribution in [0.5, 0.6) is 11.5 Å². The van der Waals surface area contributed by atoms with Gasteiger partial charge in [-0.15, -0.1) is 0 Å². The molecule has 0 fully saturated rings. The van der Waals surface area contributed by atoms with Crippen molar-refractivity contribution in [2.75, 3.05) is 0 Å². The van der Waals surface area contributed by atoms with E-state index in [9.17, 15) is 4.79 Å². The first kappa shape index (κ1) is 9.32. The van der Waals surface area contributed by atoms with E-state index in [0.717, 1.165) is 0 Å². The van der Waals surface area contributed by atoms with Crippen LogP contribution in [-0.2, 0) is 4.79 Å². The van der Waals surface area contributed by atoms with E-state index >= 15 is 0 Å². The zero-order valence-electron chi connectivity index (χ0n) is 7.19. The largest absolute Gasteiger partial charge is 0.508 e.